The fourth-order valence-corrected chi connectivity index (χ4v) is 1.20. The smallest absolute Gasteiger partial charge is 0.284 e. The topological polar surface area (TPSA) is 55.2 Å². The second-order valence-electron chi connectivity index (χ2n) is 3.26. The lowest BCUT2D eigenvalue weighted by Crippen LogP contribution is -2.33. The zero-order valence-electron chi connectivity index (χ0n) is 9.45. The third kappa shape index (κ3) is 5.24. The molecular weight excluding hydrogens is 194 g/mol. The largest absolute Gasteiger partial charge is 0.481 e. The summed E-state index contributed by atoms with van der Waals surface area (Å²) >= 11 is 0. The Hall–Kier alpha value is -1.26. The molecule has 5 heteroatoms. The van der Waals surface area contributed by atoms with Crippen molar-refractivity contribution < 1.29 is 9.47 Å². The molecule has 0 spiro atoms. The van der Waals surface area contributed by atoms with Gasteiger partial charge >= 0.3 is 0 Å². The molecule has 86 valence electrons. The van der Waals surface area contributed by atoms with Gasteiger partial charge in [0.05, 0.1) is 13.2 Å². The molecule has 2 heterocycles. The molecule has 0 radical (unpaired) electrons. The molecule has 0 atom stereocenters. The van der Waals surface area contributed by atoms with Gasteiger partial charge in [0, 0.05) is 33.5 Å². The Bertz CT molecular complexity index is 231. The van der Waals surface area contributed by atoms with E-state index >= 15 is 0 Å². The maximum Gasteiger partial charge on any atom is 0.284 e. The van der Waals surface area contributed by atoms with Gasteiger partial charge in [-0.05, 0) is 6.42 Å². The number of hydrogen-bond acceptors (Lipinski definition) is 4. The van der Waals surface area contributed by atoms with E-state index < -0.39 is 0 Å². The van der Waals surface area contributed by atoms with Crippen LogP contribution in [0, 0.1) is 0 Å². The Morgan fingerprint density at radius 3 is 2.40 bits per heavy atom. The normalized spacial score (nSPS) is 22.5. The molecule has 1 saturated heterocycles. The quantitative estimate of drug-likeness (QED) is 0.647. The zero-order chi connectivity index (χ0) is 10.9. The Kier molecular flexibility index (Phi) is 5.58. The van der Waals surface area contributed by atoms with Crippen molar-refractivity contribution in [1.29, 1.82) is 0 Å². The molecule has 5 nitrogen and oxygen atoms in total. The van der Waals surface area contributed by atoms with Crippen LogP contribution in [0.15, 0.2) is 9.98 Å². The number of hydrogen-bond donors (Lipinski definition) is 1. The maximum atomic E-state index is 5.07. The molecule has 0 aromatic rings. The maximum absolute atomic E-state index is 5.07. The van der Waals surface area contributed by atoms with Crippen molar-refractivity contribution >= 4 is 11.9 Å². The molecule has 15 heavy (non-hydrogen) atoms. The molecule has 0 aliphatic carbocycles. The van der Waals surface area contributed by atoms with E-state index in [4.69, 9.17) is 9.47 Å². The van der Waals surface area contributed by atoms with E-state index in [0.717, 1.165) is 45.0 Å². The Morgan fingerprint density at radius 2 is 2.07 bits per heavy atom. The van der Waals surface area contributed by atoms with Crippen LogP contribution < -0.4 is 5.32 Å². The number of nitrogens with one attached hydrogen (secondary N) is 1. The van der Waals surface area contributed by atoms with Crippen LogP contribution in [-0.2, 0) is 9.47 Å². The molecule has 0 aromatic heterocycles. The van der Waals surface area contributed by atoms with E-state index in [2.05, 4.69) is 15.3 Å². The minimum atomic E-state index is 0.677. The summed E-state index contributed by atoms with van der Waals surface area (Å²) in [6.45, 7) is 5.49. The van der Waals surface area contributed by atoms with Gasteiger partial charge in [-0.1, -0.05) is 0 Å². The fourth-order valence-electron chi connectivity index (χ4n) is 1.20. The Labute approximate surface area is 90.6 Å². The van der Waals surface area contributed by atoms with Gasteiger partial charge in [0.2, 0.25) is 0 Å². The first kappa shape index (κ1) is 11.8. The lowest BCUT2D eigenvalue weighted by Gasteiger charge is -2.15. The number of aliphatic imine (C=N–C) groups is 2. The average Bonchev–Trinajstić information content (AvgIpc) is 2.32. The van der Waals surface area contributed by atoms with Gasteiger partial charge in [0.25, 0.3) is 6.02 Å². The van der Waals surface area contributed by atoms with Gasteiger partial charge in [0.1, 0.15) is 0 Å². The van der Waals surface area contributed by atoms with Crippen molar-refractivity contribution in [2.24, 2.45) is 9.98 Å². The summed E-state index contributed by atoms with van der Waals surface area (Å²) in [5.74, 6) is 0.839. The van der Waals surface area contributed by atoms with E-state index in [1.807, 2.05) is 6.92 Å². The lowest BCUT2D eigenvalue weighted by atomic mass is 10.4. The molecule has 1 fully saturated rings. The minimum absolute atomic E-state index is 0.677. The van der Waals surface area contributed by atoms with Crippen LogP contribution in [0.25, 0.3) is 0 Å². The zero-order valence-corrected chi connectivity index (χ0v) is 9.45. The highest BCUT2D eigenvalue weighted by Gasteiger charge is 2.02. The fraction of sp³-hybridized carbons (Fsp3) is 0.800. The molecule has 0 aromatic carbocycles. The average molecular weight is 213 g/mol. The number of rotatable bonds is 0. The van der Waals surface area contributed by atoms with Crippen molar-refractivity contribution in [3.05, 3.63) is 0 Å². The molecule has 0 saturated carbocycles. The second-order valence-corrected chi connectivity index (χ2v) is 3.26. The van der Waals surface area contributed by atoms with E-state index in [1.165, 1.54) is 0 Å². The SMILES string of the molecule is CC1=NCCCO1.CN=C1NCCCO1. The lowest BCUT2D eigenvalue weighted by molar-refractivity contribution is 0.256. The summed E-state index contributed by atoms with van der Waals surface area (Å²) in [4.78, 5) is 7.86. The first-order valence-electron chi connectivity index (χ1n) is 5.30. The Morgan fingerprint density at radius 1 is 1.27 bits per heavy atom. The predicted octanol–water partition coefficient (Wildman–Crippen LogP) is 0.807. The van der Waals surface area contributed by atoms with Gasteiger partial charge < -0.3 is 14.8 Å². The highest BCUT2D eigenvalue weighted by Crippen LogP contribution is 1.93. The molecule has 0 amide bonds. The number of ether oxygens (including phenoxy) is 2. The van der Waals surface area contributed by atoms with Gasteiger partial charge in [-0.3, -0.25) is 4.99 Å². The molecule has 0 unspecified atom stereocenters. The summed E-state index contributed by atoms with van der Waals surface area (Å²) in [6.07, 6.45) is 2.16. The summed E-state index contributed by atoms with van der Waals surface area (Å²) < 4.78 is 10.1. The number of amidine groups is 1. The van der Waals surface area contributed by atoms with Gasteiger partial charge in [0.15, 0.2) is 5.90 Å². The monoisotopic (exact) mass is 213 g/mol. The van der Waals surface area contributed by atoms with Crippen molar-refractivity contribution in [2.45, 2.75) is 19.8 Å². The van der Waals surface area contributed by atoms with E-state index in [-0.39, 0.29) is 0 Å². The van der Waals surface area contributed by atoms with Crippen molar-refractivity contribution in [3.63, 3.8) is 0 Å². The third-order valence-corrected chi connectivity index (χ3v) is 1.99. The van der Waals surface area contributed by atoms with Crippen LogP contribution in [0.5, 0.6) is 0 Å². The van der Waals surface area contributed by atoms with Gasteiger partial charge in [-0.15, -0.1) is 0 Å². The van der Waals surface area contributed by atoms with Crippen molar-refractivity contribution in [1.82, 2.24) is 5.32 Å². The second kappa shape index (κ2) is 7.09. The molecule has 2 rings (SSSR count). The first-order valence-corrected chi connectivity index (χ1v) is 5.30. The summed E-state index contributed by atoms with van der Waals surface area (Å²) in [5.41, 5.74) is 0. The van der Waals surface area contributed by atoms with Crippen molar-refractivity contribution in [2.75, 3.05) is 33.4 Å². The molecule has 0 bridgehead atoms. The minimum Gasteiger partial charge on any atom is -0.481 e. The highest BCUT2D eigenvalue weighted by molar-refractivity contribution is 5.73. The van der Waals surface area contributed by atoms with Crippen LogP contribution in [0.1, 0.15) is 19.8 Å². The first-order chi connectivity index (χ1) is 7.33. The molecule has 2 aliphatic rings. The van der Waals surface area contributed by atoms with E-state index in [9.17, 15) is 0 Å². The highest BCUT2D eigenvalue weighted by atomic mass is 16.5. The van der Waals surface area contributed by atoms with Gasteiger partial charge in [-0.2, -0.15) is 0 Å². The van der Waals surface area contributed by atoms with Gasteiger partial charge in [-0.25, -0.2) is 4.99 Å². The van der Waals surface area contributed by atoms with Crippen LogP contribution in [0.4, 0.5) is 0 Å². The standard InChI is InChI=1S/C5H10N2O.C5H9NO/c1-6-5-7-3-2-4-8-5;1-5-6-3-2-4-7-5/h2-4H2,1H3,(H,6,7);2-4H2,1H3. The van der Waals surface area contributed by atoms with Crippen LogP contribution in [-0.4, -0.2) is 45.3 Å². The summed E-state index contributed by atoms with van der Waals surface area (Å²) in [6, 6.07) is 0.677. The molecule has 1 N–H and O–H groups in total. The van der Waals surface area contributed by atoms with Crippen LogP contribution in [0.3, 0.4) is 0 Å². The van der Waals surface area contributed by atoms with Crippen molar-refractivity contribution in [3.8, 4) is 0 Å². The predicted molar refractivity (Wildman–Crippen MR) is 60.5 cm³/mol. The van der Waals surface area contributed by atoms with Crippen LogP contribution >= 0.6 is 0 Å². The molecular formula is C10H19N3O2. The summed E-state index contributed by atoms with van der Waals surface area (Å²) in [7, 11) is 1.72. The van der Waals surface area contributed by atoms with Crippen LogP contribution in [0.2, 0.25) is 0 Å². The summed E-state index contributed by atoms with van der Waals surface area (Å²) in [5, 5.41) is 3.00. The molecule has 2 aliphatic heterocycles. The Balaban J connectivity index is 0.000000151. The number of nitrogens with zero attached hydrogens (tertiary/aromatic N) is 2. The van der Waals surface area contributed by atoms with E-state index in [1.54, 1.807) is 7.05 Å². The third-order valence-electron chi connectivity index (χ3n) is 1.99. The van der Waals surface area contributed by atoms with E-state index in [0.29, 0.717) is 6.02 Å².